The molecule has 0 spiro atoms. The van der Waals surface area contributed by atoms with Crippen LogP contribution in [-0.2, 0) is 15.5 Å². The summed E-state index contributed by atoms with van der Waals surface area (Å²) in [6.07, 6.45) is -3.32. The van der Waals surface area contributed by atoms with Gasteiger partial charge < -0.3 is 14.4 Å². The van der Waals surface area contributed by atoms with E-state index in [-0.39, 0.29) is 16.1 Å². The van der Waals surface area contributed by atoms with Crippen LogP contribution >= 0.6 is 11.6 Å². The highest BCUT2D eigenvalue weighted by Gasteiger charge is 2.52. The lowest BCUT2D eigenvalue weighted by molar-refractivity contribution is -0.137. The number of benzene rings is 1. The predicted molar refractivity (Wildman–Crippen MR) is 87.6 cm³/mol. The Hall–Kier alpha value is -1.02. The first-order valence-corrected chi connectivity index (χ1v) is 7.79. The van der Waals surface area contributed by atoms with Gasteiger partial charge in [0.05, 0.1) is 23.4 Å². The highest BCUT2D eigenvalue weighted by atomic mass is 35.5. The molecule has 0 radical (unpaired) electrons. The largest absolute Gasteiger partial charge is 0.492 e. The first kappa shape index (κ1) is 19.3. The zero-order chi connectivity index (χ0) is 18.3. The van der Waals surface area contributed by atoms with Crippen molar-refractivity contribution in [1.82, 2.24) is 0 Å². The third kappa shape index (κ3) is 3.80. The molecule has 0 aromatic heterocycles. The van der Waals surface area contributed by atoms with Crippen LogP contribution in [0.5, 0.6) is 0 Å². The Morgan fingerprint density at radius 2 is 1.75 bits per heavy atom. The van der Waals surface area contributed by atoms with Crippen LogP contribution in [-0.4, -0.2) is 30.0 Å². The van der Waals surface area contributed by atoms with Crippen LogP contribution < -0.4 is 0 Å². The Morgan fingerprint density at radius 1 is 1.21 bits per heavy atom. The van der Waals surface area contributed by atoms with Gasteiger partial charge in [0, 0.05) is 5.02 Å². The summed E-state index contributed by atoms with van der Waals surface area (Å²) in [5, 5.41) is 9.59. The third-order valence-corrected chi connectivity index (χ3v) is 4.64. The molecule has 24 heavy (non-hydrogen) atoms. The lowest BCUT2D eigenvalue weighted by Crippen LogP contribution is -2.41. The Kier molecular flexibility index (Phi) is 5.13. The Bertz CT molecular complexity index is 640. The van der Waals surface area contributed by atoms with Gasteiger partial charge in [-0.1, -0.05) is 23.7 Å². The van der Waals surface area contributed by atoms with E-state index in [0.717, 1.165) is 6.07 Å². The number of rotatable bonds is 3. The molecule has 1 N–H and O–H groups in total. The number of halogens is 4. The molecule has 0 aliphatic carbocycles. The summed E-state index contributed by atoms with van der Waals surface area (Å²) in [6.45, 7) is 6.81. The minimum absolute atomic E-state index is 0.0133. The van der Waals surface area contributed by atoms with E-state index < -0.39 is 36.7 Å². The number of aliphatic hydroxyl groups is 1. The first-order valence-electron chi connectivity index (χ1n) is 7.41. The van der Waals surface area contributed by atoms with E-state index in [2.05, 4.69) is 0 Å². The average molecular weight is 363 g/mol. The van der Waals surface area contributed by atoms with Crippen molar-refractivity contribution in [3.63, 3.8) is 0 Å². The molecule has 0 unspecified atom stereocenters. The lowest BCUT2D eigenvalue weighted by atomic mass is 9.77. The summed E-state index contributed by atoms with van der Waals surface area (Å²) in [4.78, 5) is 0. The number of aliphatic hydroxyl groups excluding tert-OH is 1. The average Bonchev–Trinajstić information content (AvgIpc) is 2.64. The van der Waals surface area contributed by atoms with E-state index in [1.807, 2.05) is 27.7 Å². The molecule has 0 atom stereocenters. The van der Waals surface area contributed by atoms with Gasteiger partial charge in [-0.05, 0) is 50.9 Å². The summed E-state index contributed by atoms with van der Waals surface area (Å²) in [6, 6.07) is 3.47. The van der Waals surface area contributed by atoms with Crippen molar-refractivity contribution in [2.75, 3.05) is 6.61 Å². The van der Waals surface area contributed by atoms with Crippen molar-refractivity contribution >= 4 is 24.8 Å². The predicted octanol–water partition coefficient (Wildman–Crippen LogP) is 4.37. The van der Waals surface area contributed by atoms with Gasteiger partial charge in [-0.15, -0.1) is 0 Å². The highest BCUT2D eigenvalue weighted by Crippen LogP contribution is 2.40. The van der Waals surface area contributed by atoms with Gasteiger partial charge in [-0.3, -0.25) is 0 Å². The molecule has 0 saturated carbocycles. The van der Waals surface area contributed by atoms with Crippen molar-refractivity contribution in [1.29, 1.82) is 0 Å². The van der Waals surface area contributed by atoms with Crippen molar-refractivity contribution in [2.45, 2.75) is 45.1 Å². The van der Waals surface area contributed by atoms with E-state index in [4.69, 9.17) is 20.9 Å². The maximum Gasteiger partial charge on any atom is 0.492 e. The van der Waals surface area contributed by atoms with Gasteiger partial charge in [0.15, 0.2) is 0 Å². The molecule has 3 nitrogen and oxygen atoms in total. The molecular formula is C16H19BClF3O3. The van der Waals surface area contributed by atoms with E-state index in [1.165, 1.54) is 18.2 Å². The normalized spacial score (nSPS) is 20.5. The fourth-order valence-electron chi connectivity index (χ4n) is 2.28. The molecule has 1 aliphatic rings. The minimum Gasteiger partial charge on any atom is -0.400 e. The second kappa shape index (κ2) is 6.37. The van der Waals surface area contributed by atoms with Crippen LogP contribution in [0.4, 0.5) is 13.2 Å². The van der Waals surface area contributed by atoms with E-state index in [9.17, 15) is 18.3 Å². The van der Waals surface area contributed by atoms with Gasteiger partial charge >= 0.3 is 13.3 Å². The Morgan fingerprint density at radius 3 is 2.21 bits per heavy atom. The van der Waals surface area contributed by atoms with Gasteiger partial charge in [0.2, 0.25) is 0 Å². The summed E-state index contributed by atoms with van der Waals surface area (Å²) >= 11 is 5.68. The highest BCUT2D eigenvalue weighted by molar-refractivity contribution is 6.55. The second-order valence-electron chi connectivity index (χ2n) is 6.69. The second-order valence-corrected chi connectivity index (χ2v) is 7.13. The van der Waals surface area contributed by atoms with Crippen LogP contribution in [0, 0.1) is 0 Å². The topological polar surface area (TPSA) is 38.7 Å². The zero-order valence-electron chi connectivity index (χ0n) is 13.9. The van der Waals surface area contributed by atoms with E-state index in [0.29, 0.717) is 0 Å². The van der Waals surface area contributed by atoms with Crippen LogP contribution in [0.1, 0.15) is 38.8 Å². The molecule has 132 valence electrons. The van der Waals surface area contributed by atoms with Crippen molar-refractivity contribution in [2.24, 2.45) is 0 Å². The SMILES string of the molecule is CC1(C)OB(C(=Cc2ccc(Cl)cc2C(F)(F)F)CO)OC1(C)C. The first-order chi connectivity index (χ1) is 10.9. The number of alkyl halides is 3. The fraction of sp³-hybridized carbons (Fsp3) is 0.500. The van der Waals surface area contributed by atoms with Crippen LogP contribution in [0.2, 0.25) is 5.02 Å². The van der Waals surface area contributed by atoms with Gasteiger partial charge in [0.1, 0.15) is 0 Å². The summed E-state index contributed by atoms with van der Waals surface area (Å²) in [7, 11) is -0.920. The lowest BCUT2D eigenvalue weighted by Gasteiger charge is -2.32. The third-order valence-electron chi connectivity index (χ3n) is 4.40. The van der Waals surface area contributed by atoms with Crippen LogP contribution in [0.15, 0.2) is 23.7 Å². The molecule has 1 aromatic rings. The standard InChI is InChI=1S/C16H19BClF3O3/c1-14(2)15(3,4)24-17(23-14)11(9-22)7-10-5-6-12(18)8-13(10)16(19,20)21/h5-8,22H,9H2,1-4H3. The molecule has 1 heterocycles. The monoisotopic (exact) mass is 362 g/mol. The van der Waals surface area contributed by atoms with E-state index >= 15 is 0 Å². The molecule has 8 heteroatoms. The molecule has 1 aromatic carbocycles. The summed E-state index contributed by atoms with van der Waals surface area (Å²) < 4.78 is 51.1. The Balaban J connectivity index is 2.43. The maximum atomic E-state index is 13.2. The summed E-state index contributed by atoms with van der Waals surface area (Å²) in [5.41, 5.74) is -2.08. The molecule has 1 fully saturated rings. The molecule has 1 aliphatic heterocycles. The van der Waals surface area contributed by atoms with Gasteiger partial charge in [-0.2, -0.15) is 13.2 Å². The van der Waals surface area contributed by atoms with Crippen molar-refractivity contribution < 1.29 is 27.6 Å². The molecule has 0 bridgehead atoms. The molecular weight excluding hydrogens is 343 g/mol. The summed E-state index contributed by atoms with van der Waals surface area (Å²) in [5.74, 6) is 0. The quantitative estimate of drug-likeness (QED) is 0.812. The van der Waals surface area contributed by atoms with Crippen LogP contribution in [0.3, 0.4) is 0 Å². The number of hydrogen-bond donors (Lipinski definition) is 1. The minimum atomic E-state index is -4.56. The van der Waals surface area contributed by atoms with Crippen molar-refractivity contribution in [3.05, 3.63) is 39.8 Å². The van der Waals surface area contributed by atoms with Crippen LogP contribution in [0.25, 0.3) is 6.08 Å². The molecule has 0 amide bonds. The molecule has 2 rings (SSSR count). The fourth-order valence-corrected chi connectivity index (χ4v) is 2.45. The van der Waals surface area contributed by atoms with Gasteiger partial charge in [-0.25, -0.2) is 0 Å². The maximum absolute atomic E-state index is 13.2. The zero-order valence-corrected chi connectivity index (χ0v) is 14.6. The van der Waals surface area contributed by atoms with E-state index in [1.54, 1.807) is 0 Å². The number of hydrogen-bond acceptors (Lipinski definition) is 3. The van der Waals surface area contributed by atoms with Crippen molar-refractivity contribution in [3.8, 4) is 0 Å². The Labute approximate surface area is 144 Å². The van der Waals surface area contributed by atoms with Gasteiger partial charge in [0.25, 0.3) is 0 Å². The smallest absolute Gasteiger partial charge is 0.400 e. The molecule has 1 saturated heterocycles.